The number of hydrogen-bond donors (Lipinski definition) is 1. The molecule has 4 nitrogen and oxygen atoms in total. The van der Waals surface area contributed by atoms with Crippen LogP contribution in [0.15, 0.2) is 72.2 Å². The Kier molecular flexibility index (Phi) is 5.43. The topological polar surface area (TPSA) is 75.6 Å². The van der Waals surface area contributed by atoms with Crippen LogP contribution in [0.2, 0.25) is 0 Å². The summed E-state index contributed by atoms with van der Waals surface area (Å²) in [6, 6.07) is 12.5. The lowest BCUT2D eigenvalue weighted by atomic mass is 9.75. The number of thiocarbonyl (C=S) groups is 1. The largest absolute Gasteiger partial charge is 0.397 e. The number of hydrogen-bond acceptors (Lipinski definition) is 5. The lowest BCUT2D eigenvalue weighted by Crippen LogP contribution is -2.21. The van der Waals surface area contributed by atoms with Gasteiger partial charge in [0.1, 0.15) is 0 Å². The van der Waals surface area contributed by atoms with Crippen molar-refractivity contribution in [3.63, 3.8) is 0 Å². The Balaban J connectivity index is 1.83. The van der Waals surface area contributed by atoms with Crippen LogP contribution in [0.25, 0.3) is 22.0 Å². The second-order valence-corrected chi connectivity index (χ2v) is 8.96. The maximum atomic E-state index is 9.50. The second-order valence-electron chi connectivity index (χ2n) is 8.55. The second kappa shape index (κ2) is 8.05. The van der Waals surface area contributed by atoms with Crippen molar-refractivity contribution in [3.05, 3.63) is 77.8 Å². The fraction of sp³-hybridized carbons (Fsp3) is 0.231. The Morgan fingerprint density at radius 1 is 1.19 bits per heavy atom. The van der Waals surface area contributed by atoms with Crippen molar-refractivity contribution < 1.29 is 0 Å². The molecule has 0 saturated heterocycles. The van der Waals surface area contributed by atoms with E-state index in [1.807, 2.05) is 50.4 Å². The molecule has 0 bridgehead atoms. The quantitative estimate of drug-likeness (QED) is 0.408. The highest BCUT2D eigenvalue weighted by atomic mass is 32.1. The molecule has 0 amide bonds. The van der Waals surface area contributed by atoms with Gasteiger partial charge in [0.15, 0.2) is 0 Å². The molecule has 154 valence electrons. The molecular formula is C26H24N4S. The number of anilines is 1. The molecule has 2 heterocycles. The number of allylic oxidation sites excluding steroid dienone is 4. The van der Waals surface area contributed by atoms with E-state index in [-0.39, 0.29) is 5.92 Å². The monoisotopic (exact) mass is 424 g/mol. The molecule has 1 atom stereocenters. The molecule has 1 aromatic carbocycles. The van der Waals surface area contributed by atoms with Crippen LogP contribution in [0, 0.1) is 22.7 Å². The molecule has 3 aromatic rings. The maximum absolute atomic E-state index is 9.50. The summed E-state index contributed by atoms with van der Waals surface area (Å²) in [5.41, 5.74) is 12.4. The third-order valence-corrected chi connectivity index (χ3v) is 6.42. The lowest BCUT2D eigenvalue weighted by molar-refractivity contribution is 0.525. The third-order valence-electron chi connectivity index (χ3n) is 5.98. The first kappa shape index (κ1) is 20.9. The average Bonchev–Trinajstić information content (AvgIpc) is 2.78. The molecule has 2 aromatic heterocycles. The van der Waals surface area contributed by atoms with Gasteiger partial charge in [0.05, 0.1) is 33.7 Å². The minimum Gasteiger partial charge on any atom is -0.397 e. The molecule has 0 fully saturated rings. The van der Waals surface area contributed by atoms with E-state index in [4.69, 9.17) is 18.0 Å². The van der Waals surface area contributed by atoms with Crippen molar-refractivity contribution in [1.29, 1.82) is 5.26 Å². The van der Waals surface area contributed by atoms with Gasteiger partial charge in [-0.1, -0.05) is 49.0 Å². The summed E-state index contributed by atoms with van der Waals surface area (Å²) in [6.07, 6.45) is 10.2. The predicted molar refractivity (Wildman–Crippen MR) is 130 cm³/mol. The number of nitrogens with zero attached hydrogens (tertiary/aromatic N) is 3. The van der Waals surface area contributed by atoms with Gasteiger partial charge in [-0.25, -0.2) is 0 Å². The molecule has 0 radical (unpaired) electrons. The van der Waals surface area contributed by atoms with Crippen molar-refractivity contribution in [2.75, 3.05) is 5.73 Å². The first-order valence-electron chi connectivity index (χ1n) is 10.3. The van der Waals surface area contributed by atoms with E-state index in [1.165, 1.54) is 0 Å². The minimum absolute atomic E-state index is 0.198. The highest BCUT2D eigenvalue weighted by Gasteiger charge is 2.29. The van der Waals surface area contributed by atoms with Gasteiger partial charge < -0.3 is 5.73 Å². The number of benzene rings is 1. The number of nitriles is 1. The molecule has 5 heteroatoms. The summed E-state index contributed by atoms with van der Waals surface area (Å²) in [4.78, 5) is 9.48. The van der Waals surface area contributed by atoms with Gasteiger partial charge in [-0.3, -0.25) is 9.97 Å². The Labute approximate surface area is 188 Å². The molecule has 0 saturated carbocycles. The van der Waals surface area contributed by atoms with Crippen molar-refractivity contribution in [3.8, 4) is 17.2 Å². The Morgan fingerprint density at radius 3 is 2.68 bits per heavy atom. The Hall–Kier alpha value is -3.36. The Morgan fingerprint density at radius 2 is 2.00 bits per heavy atom. The summed E-state index contributed by atoms with van der Waals surface area (Å²) in [5, 5.41) is 10.4. The first-order chi connectivity index (χ1) is 14.8. The number of aromatic nitrogens is 2. The molecule has 0 aliphatic heterocycles. The molecule has 1 aliphatic carbocycles. The van der Waals surface area contributed by atoms with Crippen LogP contribution in [-0.4, -0.2) is 14.8 Å². The summed E-state index contributed by atoms with van der Waals surface area (Å²) >= 11 is 5.97. The number of pyridine rings is 2. The maximum Gasteiger partial charge on any atom is 0.0729 e. The molecule has 31 heavy (non-hydrogen) atoms. The van der Waals surface area contributed by atoms with Crippen LogP contribution in [0.4, 0.5) is 5.69 Å². The van der Waals surface area contributed by atoms with Crippen LogP contribution in [0.1, 0.15) is 32.8 Å². The standard InChI is InChI=1S/C26H24N4S/c1-16-11-19(26(2,3)15-27)7-8-20(16)25(31)24-21-12-17(18-5-4-10-29-13-18)6-9-23(21)30-14-22(24)28/h4-10,12-14,16H,11,28H2,1-3H3. The van der Waals surface area contributed by atoms with Crippen LogP contribution >= 0.6 is 12.2 Å². The summed E-state index contributed by atoms with van der Waals surface area (Å²) in [6.45, 7) is 6.06. The molecule has 4 rings (SSSR count). The molecule has 1 aliphatic rings. The molecule has 1 unspecified atom stereocenters. The van der Waals surface area contributed by atoms with Gasteiger partial charge in [0.25, 0.3) is 0 Å². The SMILES string of the molecule is CC1CC(C(C)(C)C#N)=CC=C1C(=S)c1c(N)cnc2ccc(-c3cccnc3)cc12. The fourth-order valence-electron chi connectivity index (χ4n) is 4.02. The van der Waals surface area contributed by atoms with E-state index in [0.29, 0.717) is 5.69 Å². The number of rotatable bonds is 4. The molecule has 0 spiro atoms. The molecule has 2 N–H and O–H groups in total. The highest BCUT2D eigenvalue weighted by molar-refractivity contribution is 7.81. The zero-order valence-electron chi connectivity index (χ0n) is 17.9. The van der Waals surface area contributed by atoms with Crippen molar-refractivity contribution in [2.45, 2.75) is 27.2 Å². The van der Waals surface area contributed by atoms with Gasteiger partial charge in [0.2, 0.25) is 0 Å². The third kappa shape index (κ3) is 3.87. The lowest BCUT2D eigenvalue weighted by Gasteiger charge is -2.28. The normalized spacial score (nSPS) is 16.4. The van der Waals surface area contributed by atoms with Gasteiger partial charge in [-0.2, -0.15) is 5.26 Å². The van der Waals surface area contributed by atoms with Crippen LogP contribution in [0.3, 0.4) is 0 Å². The van der Waals surface area contributed by atoms with Crippen molar-refractivity contribution >= 4 is 33.7 Å². The molecular weight excluding hydrogens is 400 g/mol. The van der Waals surface area contributed by atoms with E-state index in [9.17, 15) is 5.26 Å². The van der Waals surface area contributed by atoms with E-state index in [0.717, 1.165) is 50.0 Å². The van der Waals surface area contributed by atoms with Crippen LogP contribution in [-0.2, 0) is 0 Å². The van der Waals surface area contributed by atoms with Crippen molar-refractivity contribution in [2.24, 2.45) is 11.3 Å². The number of nitrogen functional groups attached to an aromatic ring is 1. The highest BCUT2D eigenvalue weighted by Crippen LogP contribution is 2.38. The zero-order chi connectivity index (χ0) is 22.2. The van der Waals surface area contributed by atoms with Crippen LogP contribution < -0.4 is 5.73 Å². The van der Waals surface area contributed by atoms with Crippen LogP contribution in [0.5, 0.6) is 0 Å². The van der Waals surface area contributed by atoms with E-state index in [2.05, 4.69) is 35.1 Å². The predicted octanol–water partition coefficient (Wildman–Crippen LogP) is 6.04. The average molecular weight is 425 g/mol. The number of fused-ring (bicyclic) bond motifs is 1. The zero-order valence-corrected chi connectivity index (χ0v) is 18.7. The minimum atomic E-state index is -0.487. The Bertz CT molecular complexity index is 1280. The van der Waals surface area contributed by atoms with E-state index in [1.54, 1.807) is 12.4 Å². The first-order valence-corrected chi connectivity index (χ1v) is 10.7. The number of nitrogens with two attached hydrogens (primary N) is 1. The fourth-order valence-corrected chi connectivity index (χ4v) is 4.51. The van der Waals surface area contributed by atoms with E-state index < -0.39 is 5.41 Å². The van der Waals surface area contributed by atoms with Gasteiger partial charge in [-0.15, -0.1) is 0 Å². The van der Waals surface area contributed by atoms with E-state index >= 15 is 0 Å². The van der Waals surface area contributed by atoms with Gasteiger partial charge >= 0.3 is 0 Å². The summed E-state index contributed by atoms with van der Waals surface area (Å²) in [7, 11) is 0. The smallest absolute Gasteiger partial charge is 0.0729 e. The summed E-state index contributed by atoms with van der Waals surface area (Å²) < 4.78 is 0. The summed E-state index contributed by atoms with van der Waals surface area (Å²) in [5.74, 6) is 0.198. The van der Waals surface area contributed by atoms with Gasteiger partial charge in [-0.05, 0) is 55.5 Å². The van der Waals surface area contributed by atoms with Crippen molar-refractivity contribution in [1.82, 2.24) is 9.97 Å². The van der Waals surface area contributed by atoms with Gasteiger partial charge in [0, 0.05) is 28.9 Å².